The van der Waals surface area contributed by atoms with Crippen LogP contribution >= 0.6 is 23.8 Å². The molecule has 1 saturated heterocycles. The second kappa shape index (κ2) is 9.67. The number of halogens is 4. The summed E-state index contributed by atoms with van der Waals surface area (Å²) < 4.78 is 43.9. The average molecular weight is 489 g/mol. The van der Waals surface area contributed by atoms with Crippen LogP contribution in [0.3, 0.4) is 0 Å². The highest BCUT2D eigenvalue weighted by atomic mass is 35.5. The Hall–Kier alpha value is -2.96. The van der Waals surface area contributed by atoms with Gasteiger partial charge >= 0.3 is 6.18 Å². The predicted molar refractivity (Wildman–Crippen MR) is 116 cm³/mol. The SMILES string of the molecule is O=C(NC(=S)Nc1cc(C(F)(F)F)ccc1Cl)c1ccc(N2CCOCC2)c([N+](=O)[O-])c1. The maximum atomic E-state index is 12.9. The molecule has 13 heteroatoms. The molecule has 0 spiro atoms. The number of carbonyl (C=O) groups is 1. The zero-order valence-corrected chi connectivity index (χ0v) is 17.8. The van der Waals surface area contributed by atoms with E-state index in [1.165, 1.54) is 12.1 Å². The number of nitrogens with zero attached hydrogens (tertiary/aromatic N) is 2. The number of ether oxygens (including phenoxy) is 1. The van der Waals surface area contributed by atoms with E-state index in [9.17, 15) is 28.1 Å². The molecule has 0 radical (unpaired) electrons. The van der Waals surface area contributed by atoms with Crippen molar-refractivity contribution < 1.29 is 27.6 Å². The summed E-state index contributed by atoms with van der Waals surface area (Å²) in [6.07, 6.45) is -4.59. The molecule has 0 aromatic heterocycles. The van der Waals surface area contributed by atoms with E-state index in [-0.39, 0.29) is 27.1 Å². The van der Waals surface area contributed by atoms with Crippen LogP contribution in [-0.2, 0) is 10.9 Å². The Kier molecular flexibility index (Phi) is 7.16. The number of morpholine rings is 1. The Morgan fingerprint density at radius 3 is 2.50 bits per heavy atom. The molecule has 1 fully saturated rings. The van der Waals surface area contributed by atoms with Gasteiger partial charge < -0.3 is 15.0 Å². The van der Waals surface area contributed by atoms with Crippen LogP contribution < -0.4 is 15.5 Å². The van der Waals surface area contributed by atoms with Crippen molar-refractivity contribution in [2.45, 2.75) is 6.18 Å². The van der Waals surface area contributed by atoms with Crippen LogP contribution in [0.1, 0.15) is 15.9 Å². The van der Waals surface area contributed by atoms with Crippen molar-refractivity contribution in [3.05, 3.63) is 62.7 Å². The number of carbonyl (C=O) groups excluding carboxylic acids is 1. The number of anilines is 2. The molecule has 0 saturated carbocycles. The van der Waals surface area contributed by atoms with Gasteiger partial charge in [0.25, 0.3) is 11.6 Å². The highest BCUT2D eigenvalue weighted by Gasteiger charge is 2.31. The van der Waals surface area contributed by atoms with Crippen LogP contribution in [0, 0.1) is 10.1 Å². The van der Waals surface area contributed by atoms with Crippen LogP contribution in [-0.4, -0.2) is 42.2 Å². The van der Waals surface area contributed by atoms with Crippen molar-refractivity contribution in [1.29, 1.82) is 0 Å². The van der Waals surface area contributed by atoms with E-state index in [1.807, 2.05) is 0 Å². The van der Waals surface area contributed by atoms with E-state index < -0.39 is 22.6 Å². The molecule has 8 nitrogen and oxygen atoms in total. The van der Waals surface area contributed by atoms with Crippen molar-refractivity contribution in [2.24, 2.45) is 0 Å². The highest BCUT2D eigenvalue weighted by Crippen LogP contribution is 2.34. The number of thiocarbonyl (C=S) groups is 1. The van der Waals surface area contributed by atoms with Crippen LogP contribution in [0.2, 0.25) is 5.02 Å². The van der Waals surface area contributed by atoms with Gasteiger partial charge in [0.2, 0.25) is 0 Å². The lowest BCUT2D eigenvalue weighted by atomic mass is 10.1. The van der Waals surface area contributed by atoms with Crippen molar-refractivity contribution in [2.75, 3.05) is 36.5 Å². The number of nitro groups is 1. The number of nitro benzene ring substituents is 1. The number of hydrogen-bond donors (Lipinski definition) is 2. The minimum absolute atomic E-state index is 0.0416. The quantitative estimate of drug-likeness (QED) is 0.377. The molecule has 0 bridgehead atoms. The fourth-order valence-corrected chi connectivity index (χ4v) is 3.38. The summed E-state index contributed by atoms with van der Waals surface area (Å²) >= 11 is 10.9. The molecule has 0 aliphatic carbocycles. The highest BCUT2D eigenvalue weighted by molar-refractivity contribution is 7.80. The summed E-state index contributed by atoms with van der Waals surface area (Å²) in [4.78, 5) is 25.2. The molecule has 0 atom stereocenters. The lowest BCUT2D eigenvalue weighted by Crippen LogP contribution is -2.37. The number of hydrogen-bond acceptors (Lipinski definition) is 6. The van der Waals surface area contributed by atoms with Gasteiger partial charge in [0.15, 0.2) is 5.11 Å². The van der Waals surface area contributed by atoms with Crippen LogP contribution in [0.5, 0.6) is 0 Å². The third kappa shape index (κ3) is 5.64. The lowest BCUT2D eigenvalue weighted by molar-refractivity contribution is -0.384. The molecular weight excluding hydrogens is 473 g/mol. The first-order chi connectivity index (χ1) is 15.1. The second-order valence-corrected chi connectivity index (χ2v) is 7.48. The maximum Gasteiger partial charge on any atom is 0.416 e. The Bertz CT molecular complexity index is 1060. The molecule has 0 unspecified atom stereocenters. The molecule has 1 aliphatic rings. The van der Waals surface area contributed by atoms with Crippen molar-refractivity contribution in [3.8, 4) is 0 Å². The summed E-state index contributed by atoms with van der Waals surface area (Å²) in [6.45, 7) is 1.80. The summed E-state index contributed by atoms with van der Waals surface area (Å²) in [5.41, 5.74) is -1.06. The van der Waals surface area contributed by atoms with Crippen molar-refractivity contribution in [1.82, 2.24) is 5.32 Å². The van der Waals surface area contributed by atoms with Gasteiger partial charge in [-0.15, -0.1) is 0 Å². The third-order valence-corrected chi connectivity index (χ3v) is 5.09. The van der Waals surface area contributed by atoms with Gasteiger partial charge in [-0.25, -0.2) is 0 Å². The largest absolute Gasteiger partial charge is 0.416 e. The zero-order valence-electron chi connectivity index (χ0n) is 16.2. The summed E-state index contributed by atoms with van der Waals surface area (Å²) in [6, 6.07) is 6.57. The van der Waals surface area contributed by atoms with Gasteiger partial charge in [-0.2, -0.15) is 13.2 Å². The predicted octanol–water partition coefficient (Wildman–Crippen LogP) is 4.23. The molecule has 2 aromatic rings. The van der Waals surface area contributed by atoms with E-state index in [0.29, 0.717) is 32.0 Å². The van der Waals surface area contributed by atoms with E-state index in [4.69, 9.17) is 28.6 Å². The molecule has 170 valence electrons. The van der Waals surface area contributed by atoms with Crippen LogP contribution in [0.4, 0.5) is 30.2 Å². The molecule has 3 rings (SSSR count). The number of benzene rings is 2. The first-order valence-electron chi connectivity index (χ1n) is 9.16. The molecule has 2 aromatic carbocycles. The third-order valence-electron chi connectivity index (χ3n) is 4.56. The normalized spacial score (nSPS) is 14.1. The lowest BCUT2D eigenvalue weighted by Gasteiger charge is -2.28. The number of nitrogens with one attached hydrogen (secondary N) is 2. The standard InChI is InChI=1S/C19H16ClF3N4O4S/c20-13-3-2-12(19(21,22)23)10-14(13)24-18(32)25-17(28)11-1-4-15(16(9-11)27(29)30)26-5-7-31-8-6-26/h1-4,9-10H,5-8H2,(H2,24,25,28,32). The summed E-state index contributed by atoms with van der Waals surface area (Å²) in [5.74, 6) is -0.776. The summed E-state index contributed by atoms with van der Waals surface area (Å²) in [7, 11) is 0. The van der Waals surface area contributed by atoms with Gasteiger partial charge in [-0.05, 0) is 42.5 Å². The monoisotopic (exact) mass is 488 g/mol. The minimum atomic E-state index is -4.59. The Morgan fingerprint density at radius 2 is 1.88 bits per heavy atom. The molecule has 32 heavy (non-hydrogen) atoms. The molecule has 1 aliphatic heterocycles. The van der Waals surface area contributed by atoms with Gasteiger partial charge in [0.05, 0.1) is 34.4 Å². The zero-order chi connectivity index (χ0) is 23.5. The van der Waals surface area contributed by atoms with E-state index in [2.05, 4.69) is 10.6 Å². The summed E-state index contributed by atoms with van der Waals surface area (Å²) in [5, 5.41) is 15.9. The second-order valence-electron chi connectivity index (χ2n) is 6.66. The van der Waals surface area contributed by atoms with Gasteiger partial charge in [0, 0.05) is 24.7 Å². The Balaban J connectivity index is 1.75. The fourth-order valence-electron chi connectivity index (χ4n) is 3.01. The minimum Gasteiger partial charge on any atom is -0.378 e. The smallest absolute Gasteiger partial charge is 0.378 e. The topological polar surface area (TPSA) is 96.7 Å². The Labute approximate surface area is 190 Å². The first kappa shape index (κ1) is 23.7. The van der Waals surface area contributed by atoms with E-state index in [0.717, 1.165) is 24.3 Å². The average Bonchev–Trinajstić information content (AvgIpc) is 2.74. The van der Waals surface area contributed by atoms with Crippen molar-refractivity contribution in [3.63, 3.8) is 0 Å². The maximum absolute atomic E-state index is 12.9. The molecule has 2 N–H and O–H groups in total. The number of amides is 1. The van der Waals surface area contributed by atoms with E-state index >= 15 is 0 Å². The first-order valence-corrected chi connectivity index (χ1v) is 9.95. The number of alkyl halides is 3. The van der Waals surface area contributed by atoms with Gasteiger partial charge in [-0.1, -0.05) is 11.6 Å². The van der Waals surface area contributed by atoms with E-state index in [1.54, 1.807) is 4.90 Å². The molecule has 1 heterocycles. The molecular formula is C19H16ClF3N4O4S. The number of rotatable bonds is 4. The van der Waals surface area contributed by atoms with Crippen molar-refractivity contribution >= 4 is 51.9 Å². The van der Waals surface area contributed by atoms with Gasteiger partial charge in [0.1, 0.15) is 5.69 Å². The van der Waals surface area contributed by atoms with Crippen LogP contribution in [0.15, 0.2) is 36.4 Å². The Morgan fingerprint density at radius 1 is 1.19 bits per heavy atom. The fraction of sp³-hybridized carbons (Fsp3) is 0.263. The van der Waals surface area contributed by atoms with Gasteiger partial charge in [-0.3, -0.25) is 20.2 Å². The molecule has 1 amide bonds. The van der Waals surface area contributed by atoms with Crippen LogP contribution in [0.25, 0.3) is 0 Å².